The molecule has 0 spiro atoms. The smallest absolute Gasteiger partial charge is 0.187 e. The number of carbonyl (C=O) groups excluding carboxylic acids is 1. The molecule has 4 heteroatoms. The van der Waals surface area contributed by atoms with Crippen molar-refractivity contribution in [2.45, 2.75) is 6.92 Å². The molecule has 0 saturated heterocycles. The zero-order chi connectivity index (χ0) is 14.5. The molecule has 0 unspecified atom stereocenters. The minimum Gasteiger partial charge on any atom is -0.359 e. The van der Waals surface area contributed by atoms with E-state index in [1.807, 2.05) is 6.07 Å². The Labute approximate surface area is 115 Å². The lowest BCUT2D eigenvalue weighted by Crippen LogP contribution is -2.01. The largest absolute Gasteiger partial charge is 0.359 e. The highest BCUT2D eigenvalue weighted by atomic mass is 19.2. The van der Waals surface area contributed by atoms with Gasteiger partial charge in [-0.3, -0.25) is 4.79 Å². The first-order valence-electron chi connectivity index (χ1n) is 6.06. The molecule has 0 saturated carbocycles. The molecule has 0 atom stereocenters. The van der Waals surface area contributed by atoms with Gasteiger partial charge in [-0.2, -0.15) is 0 Å². The van der Waals surface area contributed by atoms with E-state index >= 15 is 0 Å². The summed E-state index contributed by atoms with van der Waals surface area (Å²) in [4.78, 5) is 11.9. The number of benzene rings is 2. The normalized spacial score (nSPS) is 11.2. The first-order chi connectivity index (χ1) is 9.56. The Morgan fingerprint density at radius 2 is 1.75 bits per heavy atom. The summed E-state index contributed by atoms with van der Waals surface area (Å²) in [6.07, 6.45) is 1.41. The summed E-state index contributed by atoms with van der Waals surface area (Å²) in [6, 6.07) is 12.3. The highest BCUT2D eigenvalue weighted by molar-refractivity contribution is 6.05. The molecule has 0 aliphatic rings. The van der Waals surface area contributed by atoms with E-state index < -0.39 is 11.6 Å². The van der Waals surface area contributed by atoms with Crippen molar-refractivity contribution in [2.75, 3.05) is 5.32 Å². The molecular formula is C16H13F2NO. The number of nitrogens with one attached hydrogen (secondary N) is 1. The monoisotopic (exact) mass is 273 g/mol. The number of rotatable bonds is 4. The van der Waals surface area contributed by atoms with Crippen LogP contribution in [0.4, 0.5) is 14.5 Å². The summed E-state index contributed by atoms with van der Waals surface area (Å²) in [5.74, 6) is -1.99. The molecule has 0 amide bonds. The molecule has 1 N–H and O–H groups in total. The molecule has 102 valence electrons. The van der Waals surface area contributed by atoms with Crippen LogP contribution in [0, 0.1) is 11.6 Å². The summed E-state index contributed by atoms with van der Waals surface area (Å²) in [6.45, 7) is 1.68. The van der Waals surface area contributed by atoms with Crippen LogP contribution in [0.5, 0.6) is 0 Å². The first-order valence-corrected chi connectivity index (χ1v) is 6.06. The number of anilines is 1. The average molecular weight is 273 g/mol. The molecule has 0 aliphatic heterocycles. The van der Waals surface area contributed by atoms with Gasteiger partial charge in [-0.05, 0) is 19.1 Å². The van der Waals surface area contributed by atoms with Crippen LogP contribution in [-0.2, 0) is 0 Å². The van der Waals surface area contributed by atoms with Crippen molar-refractivity contribution in [3.05, 3.63) is 77.5 Å². The van der Waals surface area contributed by atoms with Gasteiger partial charge < -0.3 is 5.32 Å². The summed E-state index contributed by atoms with van der Waals surface area (Å²) in [5.41, 5.74) is 1.50. The molecule has 0 radical (unpaired) electrons. The van der Waals surface area contributed by atoms with Crippen molar-refractivity contribution in [2.24, 2.45) is 0 Å². The minimum atomic E-state index is -0.933. The molecule has 0 fully saturated rings. The van der Waals surface area contributed by atoms with Crippen LogP contribution in [0.2, 0.25) is 0 Å². The van der Waals surface area contributed by atoms with Crippen LogP contribution >= 0.6 is 0 Å². The lowest BCUT2D eigenvalue weighted by Gasteiger charge is -2.06. The molecule has 2 nitrogen and oxygen atoms in total. The van der Waals surface area contributed by atoms with E-state index in [2.05, 4.69) is 5.32 Å². The van der Waals surface area contributed by atoms with E-state index in [1.54, 1.807) is 31.2 Å². The number of carbonyl (C=O) groups is 1. The van der Waals surface area contributed by atoms with E-state index in [0.29, 0.717) is 16.9 Å². The third kappa shape index (κ3) is 3.51. The molecule has 2 aromatic rings. The van der Waals surface area contributed by atoms with Gasteiger partial charge in [0.1, 0.15) is 0 Å². The third-order valence-electron chi connectivity index (χ3n) is 2.67. The quantitative estimate of drug-likeness (QED) is 0.669. The molecule has 2 rings (SSSR count). The Hall–Kier alpha value is -2.49. The predicted octanol–water partition coefficient (Wildman–Crippen LogP) is 4.16. The number of hydrogen-bond donors (Lipinski definition) is 1. The van der Waals surface area contributed by atoms with Crippen molar-refractivity contribution in [1.29, 1.82) is 0 Å². The van der Waals surface area contributed by atoms with Crippen molar-refractivity contribution in [3.8, 4) is 0 Å². The summed E-state index contributed by atoms with van der Waals surface area (Å²) in [7, 11) is 0. The number of ketones is 1. The van der Waals surface area contributed by atoms with E-state index in [1.165, 1.54) is 12.1 Å². The zero-order valence-electron chi connectivity index (χ0n) is 10.9. The Bertz CT molecular complexity index is 651. The van der Waals surface area contributed by atoms with Crippen LogP contribution in [0.15, 0.2) is 60.3 Å². The van der Waals surface area contributed by atoms with Gasteiger partial charge in [-0.15, -0.1) is 0 Å². The maximum absolute atomic E-state index is 13.1. The fourth-order valence-electron chi connectivity index (χ4n) is 1.72. The summed E-state index contributed by atoms with van der Waals surface area (Å²) < 4.78 is 25.9. The second-order valence-electron chi connectivity index (χ2n) is 4.31. The van der Waals surface area contributed by atoms with Crippen LogP contribution in [-0.4, -0.2) is 5.78 Å². The second kappa shape index (κ2) is 6.10. The van der Waals surface area contributed by atoms with Crippen LogP contribution in [0.3, 0.4) is 0 Å². The molecule has 0 bridgehead atoms. The van der Waals surface area contributed by atoms with E-state index in [0.717, 1.165) is 12.1 Å². The summed E-state index contributed by atoms with van der Waals surface area (Å²) >= 11 is 0. The average Bonchev–Trinajstić information content (AvgIpc) is 2.44. The topological polar surface area (TPSA) is 29.1 Å². The standard InChI is InChI=1S/C16H13F2NO/c1-11(9-16(20)12-5-3-2-4-6-12)19-13-7-8-14(17)15(18)10-13/h2-10,19H,1H3. The fraction of sp³-hybridized carbons (Fsp3) is 0.0625. The van der Waals surface area contributed by atoms with E-state index in [9.17, 15) is 13.6 Å². The molecular weight excluding hydrogens is 260 g/mol. The lowest BCUT2D eigenvalue weighted by atomic mass is 10.1. The minimum absolute atomic E-state index is 0.154. The van der Waals surface area contributed by atoms with Crippen LogP contribution < -0.4 is 5.32 Å². The fourth-order valence-corrected chi connectivity index (χ4v) is 1.72. The molecule has 0 aliphatic carbocycles. The van der Waals surface area contributed by atoms with Crippen LogP contribution in [0.1, 0.15) is 17.3 Å². The Morgan fingerprint density at radius 1 is 1.05 bits per heavy atom. The lowest BCUT2D eigenvalue weighted by molar-refractivity contribution is 0.104. The van der Waals surface area contributed by atoms with Gasteiger partial charge in [-0.1, -0.05) is 30.3 Å². The van der Waals surface area contributed by atoms with Crippen molar-refractivity contribution in [3.63, 3.8) is 0 Å². The van der Waals surface area contributed by atoms with Gasteiger partial charge in [0.2, 0.25) is 0 Å². The molecule has 20 heavy (non-hydrogen) atoms. The highest BCUT2D eigenvalue weighted by Gasteiger charge is 2.04. The van der Waals surface area contributed by atoms with Gasteiger partial charge >= 0.3 is 0 Å². The Kier molecular flexibility index (Phi) is 4.25. The van der Waals surface area contributed by atoms with Crippen molar-refractivity contribution < 1.29 is 13.6 Å². The van der Waals surface area contributed by atoms with Crippen molar-refractivity contribution in [1.82, 2.24) is 0 Å². The van der Waals surface area contributed by atoms with Gasteiger partial charge in [0.25, 0.3) is 0 Å². The number of hydrogen-bond acceptors (Lipinski definition) is 2. The second-order valence-corrected chi connectivity index (χ2v) is 4.31. The highest BCUT2D eigenvalue weighted by Crippen LogP contribution is 2.15. The maximum atomic E-state index is 13.1. The van der Waals surface area contributed by atoms with Gasteiger partial charge in [0.15, 0.2) is 17.4 Å². The van der Waals surface area contributed by atoms with E-state index in [4.69, 9.17) is 0 Å². The maximum Gasteiger partial charge on any atom is 0.187 e. The van der Waals surface area contributed by atoms with E-state index in [-0.39, 0.29) is 5.78 Å². The van der Waals surface area contributed by atoms with Crippen LogP contribution in [0.25, 0.3) is 0 Å². The number of allylic oxidation sites excluding steroid dienone is 2. The zero-order valence-corrected chi connectivity index (χ0v) is 10.9. The van der Waals surface area contributed by atoms with Gasteiger partial charge in [-0.25, -0.2) is 8.78 Å². The number of halogens is 2. The molecule has 0 heterocycles. The third-order valence-corrected chi connectivity index (χ3v) is 2.67. The summed E-state index contributed by atoms with van der Waals surface area (Å²) in [5, 5.41) is 2.84. The molecule has 2 aromatic carbocycles. The Morgan fingerprint density at radius 3 is 2.40 bits per heavy atom. The first kappa shape index (κ1) is 13.9. The van der Waals surface area contributed by atoms with Gasteiger partial charge in [0.05, 0.1) is 0 Å². The van der Waals surface area contributed by atoms with Crippen molar-refractivity contribution >= 4 is 11.5 Å². The Balaban J connectivity index is 2.11. The van der Waals surface area contributed by atoms with Gasteiger partial charge in [0, 0.05) is 29.1 Å². The predicted molar refractivity (Wildman–Crippen MR) is 74.5 cm³/mol. The SMILES string of the molecule is CC(=CC(=O)c1ccccc1)Nc1ccc(F)c(F)c1. The molecule has 0 aromatic heterocycles.